The van der Waals surface area contributed by atoms with E-state index < -0.39 is 0 Å². The lowest BCUT2D eigenvalue weighted by Crippen LogP contribution is -2.11. The summed E-state index contributed by atoms with van der Waals surface area (Å²) >= 11 is 0. The first-order valence-electron chi connectivity index (χ1n) is 6.69. The summed E-state index contributed by atoms with van der Waals surface area (Å²) in [4.78, 5) is 12.1. The van der Waals surface area contributed by atoms with Gasteiger partial charge in [0.2, 0.25) is 0 Å². The van der Waals surface area contributed by atoms with E-state index in [0.717, 1.165) is 5.69 Å². The number of nitrogens with zero attached hydrogens (tertiary/aromatic N) is 2. The number of aryl methyl sites for hydroxylation is 1. The predicted octanol–water partition coefficient (Wildman–Crippen LogP) is 3.61. The van der Waals surface area contributed by atoms with E-state index in [4.69, 9.17) is 0 Å². The lowest BCUT2D eigenvalue weighted by molar-refractivity contribution is 0.104. The fraction of sp³-hybridized carbons (Fsp3) is 0.294. The van der Waals surface area contributed by atoms with E-state index in [1.165, 1.54) is 5.56 Å². The lowest BCUT2D eigenvalue weighted by atomic mass is 9.86. The van der Waals surface area contributed by atoms with Crippen molar-refractivity contribution in [1.29, 1.82) is 0 Å². The van der Waals surface area contributed by atoms with Crippen LogP contribution in [0, 0.1) is 0 Å². The maximum atomic E-state index is 12.1. The van der Waals surface area contributed by atoms with Crippen molar-refractivity contribution in [2.45, 2.75) is 26.2 Å². The quantitative estimate of drug-likeness (QED) is 0.629. The summed E-state index contributed by atoms with van der Waals surface area (Å²) in [5.74, 6) is 0.00617. The van der Waals surface area contributed by atoms with Crippen molar-refractivity contribution in [3.8, 4) is 0 Å². The van der Waals surface area contributed by atoms with Crippen LogP contribution in [0.1, 0.15) is 42.4 Å². The zero-order valence-corrected chi connectivity index (χ0v) is 12.4. The first-order chi connectivity index (χ1) is 9.38. The highest BCUT2D eigenvalue weighted by Gasteiger charge is 2.13. The molecule has 1 aromatic heterocycles. The minimum absolute atomic E-state index is 0.00617. The predicted molar refractivity (Wildman–Crippen MR) is 81.7 cm³/mol. The third-order valence-corrected chi connectivity index (χ3v) is 3.30. The van der Waals surface area contributed by atoms with Gasteiger partial charge >= 0.3 is 0 Å². The van der Waals surface area contributed by atoms with Crippen LogP contribution in [-0.4, -0.2) is 15.6 Å². The van der Waals surface area contributed by atoms with Crippen LogP contribution in [0.3, 0.4) is 0 Å². The Morgan fingerprint density at radius 1 is 1.15 bits per heavy atom. The van der Waals surface area contributed by atoms with Gasteiger partial charge in [-0.1, -0.05) is 45.0 Å². The summed E-state index contributed by atoms with van der Waals surface area (Å²) in [6.45, 7) is 6.48. The van der Waals surface area contributed by atoms with Gasteiger partial charge in [0.05, 0.1) is 5.69 Å². The Bertz CT molecular complexity index is 628. The van der Waals surface area contributed by atoms with Gasteiger partial charge in [-0.05, 0) is 29.2 Å². The van der Waals surface area contributed by atoms with Gasteiger partial charge in [-0.3, -0.25) is 9.48 Å². The van der Waals surface area contributed by atoms with Gasteiger partial charge in [-0.15, -0.1) is 0 Å². The second-order valence-electron chi connectivity index (χ2n) is 5.90. The Balaban J connectivity index is 2.14. The van der Waals surface area contributed by atoms with Crippen LogP contribution in [0.5, 0.6) is 0 Å². The number of aromatic nitrogens is 2. The fourth-order valence-corrected chi connectivity index (χ4v) is 1.94. The Labute approximate surface area is 119 Å². The third kappa shape index (κ3) is 3.23. The van der Waals surface area contributed by atoms with E-state index in [0.29, 0.717) is 5.56 Å². The maximum absolute atomic E-state index is 12.1. The summed E-state index contributed by atoms with van der Waals surface area (Å²) < 4.78 is 1.73. The molecule has 2 rings (SSSR count). The molecule has 0 saturated heterocycles. The minimum Gasteiger partial charge on any atom is -0.289 e. The largest absolute Gasteiger partial charge is 0.289 e. The molecule has 3 heteroatoms. The van der Waals surface area contributed by atoms with Crippen molar-refractivity contribution < 1.29 is 4.79 Å². The Hall–Kier alpha value is -2.16. The van der Waals surface area contributed by atoms with E-state index in [1.54, 1.807) is 23.0 Å². The molecule has 0 aliphatic rings. The molecule has 0 radical (unpaired) electrons. The number of carbonyl (C=O) groups is 1. The zero-order valence-electron chi connectivity index (χ0n) is 12.4. The molecule has 0 fully saturated rings. The number of hydrogen-bond donors (Lipinski definition) is 0. The summed E-state index contributed by atoms with van der Waals surface area (Å²) in [6.07, 6.45) is 5.08. The van der Waals surface area contributed by atoms with Gasteiger partial charge in [0, 0.05) is 18.8 Å². The average molecular weight is 268 g/mol. The molecule has 0 atom stereocenters. The van der Waals surface area contributed by atoms with Crippen LogP contribution < -0.4 is 0 Å². The summed E-state index contributed by atoms with van der Waals surface area (Å²) in [6, 6.07) is 9.68. The normalized spacial score (nSPS) is 12.0. The molecule has 0 N–H and O–H groups in total. The van der Waals surface area contributed by atoms with Crippen molar-refractivity contribution in [3.63, 3.8) is 0 Å². The molecule has 0 amide bonds. The SMILES string of the molecule is Cn1nccc1C=CC(=O)c1ccc(C(C)(C)C)cc1. The molecule has 0 aliphatic carbocycles. The van der Waals surface area contributed by atoms with Gasteiger partial charge in [0.25, 0.3) is 0 Å². The number of ketones is 1. The summed E-state index contributed by atoms with van der Waals surface area (Å²) in [7, 11) is 1.85. The van der Waals surface area contributed by atoms with Gasteiger partial charge < -0.3 is 0 Å². The molecule has 0 unspecified atom stereocenters. The van der Waals surface area contributed by atoms with E-state index in [2.05, 4.69) is 25.9 Å². The molecule has 1 heterocycles. The highest BCUT2D eigenvalue weighted by Crippen LogP contribution is 2.22. The van der Waals surface area contributed by atoms with E-state index in [9.17, 15) is 4.79 Å². The first-order valence-corrected chi connectivity index (χ1v) is 6.69. The van der Waals surface area contributed by atoms with Crippen molar-refractivity contribution in [2.75, 3.05) is 0 Å². The third-order valence-electron chi connectivity index (χ3n) is 3.30. The van der Waals surface area contributed by atoms with Crippen molar-refractivity contribution in [1.82, 2.24) is 9.78 Å². The van der Waals surface area contributed by atoms with Crippen LogP contribution >= 0.6 is 0 Å². The molecule has 104 valence electrons. The monoisotopic (exact) mass is 268 g/mol. The number of carbonyl (C=O) groups excluding carboxylic acids is 1. The Morgan fingerprint density at radius 3 is 2.30 bits per heavy atom. The van der Waals surface area contributed by atoms with E-state index >= 15 is 0 Å². The lowest BCUT2D eigenvalue weighted by Gasteiger charge is -2.18. The highest BCUT2D eigenvalue weighted by molar-refractivity contribution is 6.06. The van der Waals surface area contributed by atoms with Crippen LogP contribution in [0.25, 0.3) is 6.08 Å². The number of allylic oxidation sites excluding steroid dienone is 1. The van der Waals surface area contributed by atoms with Crippen molar-refractivity contribution in [2.24, 2.45) is 7.05 Å². The van der Waals surface area contributed by atoms with E-state index in [1.807, 2.05) is 37.4 Å². The molecular formula is C17H20N2O. The van der Waals surface area contributed by atoms with Gasteiger partial charge in [-0.2, -0.15) is 5.10 Å². The highest BCUT2D eigenvalue weighted by atomic mass is 16.1. The van der Waals surface area contributed by atoms with Gasteiger partial charge in [-0.25, -0.2) is 0 Å². The maximum Gasteiger partial charge on any atom is 0.185 e. The molecule has 0 spiro atoms. The minimum atomic E-state index is 0.00617. The summed E-state index contributed by atoms with van der Waals surface area (Å²) in [5, 5.41) is 4.06. The summed E-state index contributed by atoms with van der Waals surface area (Å²) in [5.41, 5.74) is 2.94. The zero-order chi connectivity index (χ0) is 14.8. The Morgan fingerprint density at radius 2 is 1.80 bits per heavy atom. The molecular weight excluding hydrogens is 248 g/mol. The second-order valence-corrected chi connectivity index (χ2v) is 5.90. The number of hydrogen-bond acceptors (Lipinski definition) is 2. The molecule has 1 aromatic carbocycles. The van der Waals surface area contributed by atoms with Crippen molar-refractivity contribution in [3.05, 3.63) is 59.4 Å². The fourth-order valence-electron chi connectivity index (χ4n) is 1.94. The van der Waals surface area contributed by atoms with Gasteiger partial charge in [0.1, 0.15) is 0 Å². The average Bonchev–Trinajstić information content (AvgIpc) is 2.81. The Kier molecular flexibility index (Phi) is 3.89. The van der Waals surface area contributed by atoms with Crippen molar-refractivity contribution >= 4 is 11.9 Å². The van der Waals surface area contributed by atoms with Gasteiger partial charge in [0.15, 0.2) is 5.78 Å². The smallest absolute Gasteiger partial charge is 0.185 e. The topological polar surface area (TPSA) is 34.9 Å². The first kappa shape index (κ1) is 14.3. The molecule has 3 nitrogen and oxygen atoms in total. The molecule has 0 bridgehead atoms. The standard InChI is InChI=1S/C17H20N2O/c1-17(2,3)14-7-5-13(6-8-14)16(20)10-9-15-11-12-18-19(15)4/h5-12H,1-4H3. The van der Waals surface area contributed by atoms with E-state index in [-0.39, 0.29) is 11.2 Å². The number of rotatable bonds is 3. The van der Waals surface area contributed by atoms with Crippen LogP contribution in [0.4, 0.5) is 0 Å². The van der Waals surface area contributed by atoms with Crippen LogP contribution in [-0.2, 0) is 12.5 Å². The van der Waals surface area contributed by atoms with Crippen LogP contribution in [0.15, 0.2) is 42.6 Å². The molecule has 2 aromatic rings. The second kappa shape index (κ2) is 5.45. The molecule has 20 heavy (non-hydrogen) atoms. The molecule has 0 saturated carbocycles. The number of benzene rings is 1. The van der Waals surface area contributed by atoms with Crippen LogP contribution in [0.2, 0.25) is 0 Å². The molecule has 0 aliphatic heterocycles.